The van der Waals surface area contributed by atoms with Gasteiger partial charge in [-0.25, -0.2) is 0 Å². The first-order valence-electron chi connectivity index (χ1n) is 3.76. The van der Waals surface area contributed by atoms with E-state index in [9.17, 15) is 0 Å². The average Bonchev–Trinajstić information content (AvgIpc) is 2.58. The predicted octanol–water partition coefficient (Wildman–Crippen LogP) is 1.00. The Morgan fingerprint density at radius 1 is 1.17 bits per heavy atom. The van der Waals surface area contributed by atoms with Crippen molar-refractivity contribution in [2.45, 2.75) is 6.92 Å². The molecular formula is C8H13N3O. The van der Waals surface area contributed by atoms with Crippen LogP contribution in [0.25, 0.3) is 11.2 Å². The predicted molar refractivity (Wildman–Crippen MR) is 51.0 cm³/mol. The quantitative estimate of drug-likeness (QED) is 0.510. The Kier molecular flexibility index (Phi) is 2.40. The molecular weight excluding hydrogens is 154 g/mol. The van der Waals surface area contributed by atoms with Gasteiger partial charge in [-0.3, -0.25) is 0 Å². The third kappa shape index (κ3) is 1.29. The topological polar surface area (TPSA) is 91.2 Å². The molecule has 0 aliphatic heterocycles. The Balaban J connectivity index is 0.000000213. The van der Waals surface area contributed by atoms with Crippen LogP contribution in [0.3, 0.4) is 0 Å². The van der Waals surface area contributed by atoms with Gasteiger partial charge in [-0.05, 0) is 18.7 Å². The van der Waals surface area contributed by atoms with Gasteiger partial charge in [0, 0.05) is 0 Å². The molecule has 0 spiro atoms. The van der Waals surface area contributed by atoms with Crippen molar-refractivity contribution in [2.24, 2.45) is 5.73 Å². The third-order valence-corrected chi connectivity index (χ3v) is 1.43. The molecule has 0 atom stereocenters. The molecule has 6 N–H and O–H groups in total. The summed E-state index contributed by atoms with van der Waals surface area (Å²) in [5.41, 5.74) is 18.3. The minimum absolute atomic E-state index is 0.563. The average molecular weight is 167 g/mol. The van der Waals surface area contributed by atoms with Gasteiger partial charge in [-0.2, -0.15) is 0 Å². The normalized spacial score (nSPS) is 9.83. The van der Waals surface area contributed by atoms with E-state index in [1.54, 1.807) is 12.1 Å². The monoisotopic (exact) mass is 167 g/mol. The summed E-state index contributed by atoms with van der Waals surface area (Å²) in [5, 5.41) is 0. The molecule has 0 aliphatic rings. The molecule has 4 heteroatoms. The standard InChI is InChI=1S/C6H6N2O.C2H7N/c7-5-3-1-2-4(9-3)6(5)8;1-2-3/h1-2H,7-8H2;2-3H2,1H3. The van der Waals surface area contributed by atoms with E-state index in [1.807, 2.05) is 6.92 Å². The second-order valence-electron chi connectivity index (χ2n) is 2.40. The van der Waals surface area contributed by atoms with Gasteiger partial charge in [-0.15, -0.1) is 0 Å². The van der Waals surface area contributed by atoms with E-state index in [4.69, 9.17) is 21.6 Å². The van der Waals surface area contributed by atoms with Crippen LogP contribution in [0.4, 0.5) is 11.4 Å². The molecule has 0 amide bonds. The first kappa shape index (κ1) is 8.67. The van der Waals surface area contributed by atoms with E-state index < -0.39 is 0 Å². The summed E-state index contributed by atoms with van der Waals surface area (Å²) < 4.78 is 5.09. The smallest absolute Gasteiger partial charge is 0.152 e. The van der Waals surface area contributed by atoms with Crippen LogP contribution in [-0.4, -0.2) is 6.54 Å². The fourth-order valence-corrected chi connectivity index (χ4v) is 0.893. The summed E-state index contributed by atoms with van der Waals surface area (Å²) >= 11 is 0. The van der Waals surface area contributed by atoms with E-state index in [0.29, 0.717) is 22.5 Å². The minimum atomic E-state index is 0.563. The SMILES string of the molecule is CCN.Nc1c(N)c2ccc1o2. The summed E-state index contributed by atoms with van der Waals surface area (Å²) in [6.07, 6.45) is 0. The maximum Gasteiger partial charge on any atom is 0.152 e. The van der Waals surface area contributed by atoms with Crippen molar-refractivity contribution in [3.8, 4) is 0 Å². The van der Waals surface area contributed by atoms with Crippen molar-refractivity contribution in [3.63, 3.8) is 0 Å². The van der Waals surface area contributed by atoms with E-state index in [2.05, 4.69) is 0 Å². The highest BCUT2D eigenvalue weighted by atomic mass is 16.3. The maximum absolute atomic E-state index is 5.48. The van der Waals surface area contributed by atoms with Crippen molar-refractivity contribution < 1.29 is 4.42 Å². The van der Waals surface area contributed by atoms with Crippen molar-refractivity contribution in [2.75, 3.05) is 18.0 Å². The number of rotatable bonds is 0. The lowest BCUT2D eigenvalue weighted by Gasteiger charge is -1.87. The van der Waals surface area contributed by atoms with Crippen LogP contribution in [0.5, 0.6) is 0 Å². The van der Waals surface area contributed by atoms with Gasteiger partial charge in [0.1, 0.15) is 11.4 Å². The molecule has 2 aromatic rings. The minimum Gasteiger partial charge on any atom is -0.453 e. The molecule has 2 aromatic heterocycles. The summed E-state index contributed by atoms with van der Waals surface area (Å²) in [6, 6.07) is 3.61. The Morgan fingerprint density at radius 2 is 1.50 bits per heavy atom. The number of benzene rings is 1. The second kappa shape index (κ2) is 3.32. The van der Waals surface area contributed by atoms with Crippen LogP contribution >= 0.6 is 0 Å². The van der Waals surface area contributed by atoms with Crippen molar-refractivity contribution in [1.82, 2.24) is 0 Å². The van der Waals surface area contributed by atoms with Gasteiger partial charge >= 0.3 is 0 Å². The van der Waals surface area contributed by atoms with Crippen molar-refractivity contribution in [3.05, 3.63) is 12.1 Å². The molecule has 0 saturated heterocycles. The maximum atomic E-state index is 5.48. The lowest BCUT2D eigenvalue weighted by atomic mass is 10.3. The van der Waals surface area contributed by atoms with Gasteiger partial charge < -0.3 is 21.6 Å². The summed E-state index contributed by atoms with van der Waals surface area (Å²) in [4.78, 5) is 0. The Morgan fingerprint density at radius 3 is 1.67 bits per heavy atom. The van der Waals surface area contributed by atoms with E-state index in [1.165, 1.54) is 0 Å². The summed E-state index contributed by atoms with van der Waals surface area (Å²) in [7, 11) is 0. The molecule has 0 radical (unpaired) electrons. The summed E-state index contributed by atoms with van der Waals surface area (Å²) in [6.45, 7) is 2.65. The van der Waals surface area contributed by atoms with Crippen LogP contribution in [-0.2, 0) is 0 Å². The van der Waals surface area contributed by atoms with Crippen LogP contribution in [0.2, 0.25) is 0 Å². The fraction of sp³-hybridized carbons (Fsp3) is 0.250. The second-order valence-corrected chi connectivity index (χ2v) is 2.40. The molecule has 0 fully saturated rings. The number of nitrogens with two attached hydrogens (primary N) is 3. The van der Waals surface area contributed by atoms with Crippen LogP contribution < -0.4 is 17.2 Å². The third-order valence-electron chi connectivity index (χ3n) is 1.43. The van der Waals surface area contributed by atoms with Gasteiger partial charge in [0.05, 0.1) is 0 Å². The van der Waals surface area contributed by atoms with Crippen molar-refractivity contribution >= 4 is 22.5 Å². The zero-order valence-corrected chi connectivity index (χ0v) is 7.00. The lowest BCUT2D eigenvalue weighted by Crippen LogP contribution is -1.90. The highest BCUT2D eigenvalue weighted by molar-refractivity contribution is 5.93. The van der Waals surface area contributed by atoms with E-state index >= 15 is 0 Å². The first-order valence-corrected chi connectivity index (χ1v) is 3.76. The van der Waals surface area contributed by atoms with Crippen LogP contribution in [0.15, 0.2) is 16.5 Å². The van der Waals surface area contributed by atoms with Crippen LogP contribution in [0.1, 0.15) is 6.92 Å². The zero-order chi connectivity index (χ0) is 9.14. The number of anilines is 2. The highest BCUT2D eigenvalue weighted by Crippen LogP contribution is 2.32. The number of fused-ring (bicyclic) bond motifs is 2. The molecule has 2 rings (SSSR count). The lowest BCUT2D eigenvalue weighted by molar-refractivity contribution is 0.676. The number of furan rings is 2. The largest absolute Gasteiger partial charge is 0.453 e. The van der Waals surface area contributed by atoms with Crippen molar-refractivity contribution in [1.29, 1.82) is 0 Å². The summed E-state index contributed by atoms with van der Waals surface area (Å²) in [5.74, 6) is 0. The molecule has 0 unspecified atom stereocenters. The zero-order valence-electron chi connectivity index (χ0n) is 7.00. The van der Waals surface area contributed by atoms with E-state index in [-0.39, 0.29) is 0 Å². The van der Waals surface area contributed by atoms with Gasteiger partial charge in [0.25, 0.3) is 0 Å². The van der Waals surface area contributed by atoms with Crippen LogP contribution in [0, 0.1) is 0 Å². The number of hydrogen-bond acceptors (Lipinski definition) is 4. The Bertz CT molecular complexity index is 311. The van der Waals surface area contributed by atoms with Gasteiger partial charge in [0.15, 0.2) is 11.2 Å². The van der Waals surface area contributed by atoms with E-state index in [0.717, 1.165) is 6.54 Å². The van der Waals surface area contributed by atoms with Gasteiger partial charge in [0.2, 0.25) is 0 Å². The molecule has 4 nitrogen and oxygen atoms in total. The molecule has 2 heterocycles. The molecule has 0 aliphatic carbocycles. The molecule has 12 heavy (non-hydrogen) atoms. The first-order chi connectivity index (χ1) is 5.70. The number of hydrogen-bond donors (Lipinski definition) is 3. The van der Waals surface area contributed by atoms with Gasteiger partial charge in [-0.1, -0.05) is 6.92 Å². The number of nitrogen functional groups attached to an aromatic ring is 2. The highest BCUT2D eigenvalue weighted by Gasteiger charge is 2.09. The molecule has 0 aromatic carbocycles. The molecule has 0 saturated carbocycles. The molecule has 66 valence electrons. The Hall–Kier alpha value is -1.42. The molecule has 2 bridgehead atoms. The fourth-order valence-electron chi connectivity index (χ4n) is 0.893. The Labute approximate surface area is 70.6 Å².